The van der Waals surface area contributed by atoms with Crippen molar-refractivity contribution < 1.29 is 14.3 Å². The maximum atomic E-state index is 12.7. The predicted octanol–water partition coefficient (Wildman–Crippen LogP) is 3.91. The first-order valence-corrected chi connectivity index (χ1v) is 10.6. The monoisotopic (exact) mass is 416 g/mol. The molecule has 0 spiro atoms. The van der Waals surface area contributed by atoms with E-state index in [0.29, 0.717) is 30.6 Å². The Morgan fingerprint density at radius 2 is 1.74 bits per heavy atom. The third-order valence-electron chi connectivity index (χ3n) is 6.27. The number of amides is 1. The van der Waals surface area contributed by atoms with Crippen molar-refractivity contribution in [2.24, 2.45) is 11.8 Å². The Hall–Kier alpha value is -3.48. The van der Waals surface area contributed by atoms with Crippen molar-refractivity contribution >= 4 is 11.8 Å². The Balaban J connectivity index is 1.20. The van der Waals surface area contributed by atoms with E-state index in [0.717, 1.165) is 29.7 Å². The average Bonchev–Trinajstić information content (AvgIpc) is 3.49. The molecule has 158 valence electrons. The number of Topliss-reactive ketones (excluding diaryl/α,β-unsaturated/α-hetero) is 1. The summed E-state index contributed by atoms with van der Waals surface area (Å²) in [5, 5.41) is 4.10. The summed E-state index contributed by atoms with van der Waals surface area (Å²) in [4.78, 5) is 30.1. The topological polar surface area (TPSA) is 77.3 Å². The molecular weight excluding hydrogens is 392 g/mol. The number of ether oxygens (including phenoxy) is 1. The number of hydrogen-bond acceptors (Lipinski definition) is 5. The van der Waals surface area contributed by atoms with Crippen LogP contribution in [-0.2, 0) is 0 Å². The number of aromatic nitrogens is 3. The van der Waals surface area contributed by atoms with Gasteiger partial charge < -0.3 is 9.64 Å². The number of pyridine rings is 1. The molecule has 0 radical (unpaired) electrons. The molecule has 1 aliphatic heterocycles. The zero-order valence-corrected chi connectivity index (χ0v) is 17.3. The number of hydrogen-bond donors (Lipinski definition) is 0. The van der Waals surface area contributed by atoms with Crippen molar-refractivity contribution in [1.82, 2.24) is 19.7 Å². The summed E-state index contributed by atoms with van der Waals surface area (Å²) >= 11 is 0. The van der Waals surface area contributed by atoms with Crippen LogP contribution in [0, 0.1) is 11.8 Å². The van der Waals surface area contributed by atoms with Crippen LogP contribution in [0.2, 0.25) is 0 Å². The van der Waals surface area contributed by atoms with Gasteiger partial charge in [-0.3, -0.25) is 9.78 Å². The average molecular weight is 416 g/mol. The summed E-state index contributed by atoms with van der Waals surface area (Å²) in [6.45, 7) is 2.86. The van der Waals surface area contributed by atoms with Crippen molar-refractivity contribution in [3.63, 3.8) is 0 Å². The fourth-order valence-corrected chi connectivity index (χ4v) is 4.75. The van der Waals surface area contributed by atoms with E-state index >= 15 is 0 Å². The molecule has 1 aromatic carbocycles. The van der Waals surface area contributed by atoms with Gasteiger partial charge in [-0.05, 0) is 66.1 Å². The molecule has 31 heavy (non-hydrogen) atoms. The molecule has 1 aliphatic carbocycles. The Labute approximate surface area is 180 Å². The highest BCUT2D eigenvalue weighted by molar-refractivity contribution is 5.92. The van der Waals surface area contributed by atoms with Gasteiger partial charge in [-0.1, -0.05) is 12.1 Å². The van der Waals surface area contributed by atoms with Crippen LogP contribution in [0.5, 0.6) is 5.75 Å². The van der Waals surface area contributed by atoms with Crippen molar-refractivity contribution in [1.29, 1.82) is 0 Å². The van der Waals surface area contributed by atoms with Gasteiger partial charge in [-0.15, -0.1) is 0 Å². The van der Waals surface area contributed by atoms with Crippen LogP contribution in [0.3, 0.4) is 0 Å². The maximum absolute atomic E-state index is 12.7. The molecule has 7 nitrogen and oxygen atoms in total. The van der Waals surface area contributed by atoms with Crippen molar-refractivity contribution in [3.8, 4) is 16.9 Å². The molecular formula is C24H24N4O3. The van der Waals surface area contributed by atoms with E-state index in [4.69, 9.17) is 4.74 Å². The lowest BCUT2D eigenvalue weighted by molar-refractivity contribution is 0.101. The van der Waals surface area contributed by atoms with Gasteiger partial charge in [0.15, 0.2) is 5.78 Å². The number of ketones is 1. The van der Waals surface area contributed by atoms with Gasteiger partial charge in [0.25, 0.3) is 0 Å². The van der Waals surface area contributed by atoms with Crippen LogP contribution in [0.1, 0.15) is 30.3 Å². The van der Waals surface area contributed by atoms with Crippen LogP contribution in [0.4, 0.5) is 4.79 Å². The SMILES string of the molecule is CC(=O)c1ccn(C(=O)N2C[C@H]3C[C@H](Oc4cccc(-c5ccncc5)c4)C[C@H]3C2)n1. The molecule has 7 heteroatoms. The highest BCUT2D eigenvalue weighted by Gasteiger charge is 2.43. The fraction of sp³-hybridized carbons (Fsp3) is 0.333. The van der Waals surface area contributed by atoms with E-state index in [1.54, 1.807) is 24.7 Å². The molecule has 1 saturated carbocycles. The first kappa shape index (κ1) is 19.5. The number of carbonyl (C=O) groups is 2. The Bertz CT molecular complexity index is 1100. The van der Waals surface area contributed by atoms with E-state index in [1.807, 2.05) is 29.2 Å². The Morgan fingerprint density at radius 1 is 1.00 bits per heavy atom. The second kappa shape index (κ2) is 7.98. The Morgan fingerprint density at radius 3 is 2.42 bits per heavy atom. The minimum Gasteiger partial charge on any atom is -0.490 e. The molecule has 2 aromatic heterocycles. The normalized spacial score (nSPS) is 22.4. The van der Waals surface area contributed by atoms with Gasteiger partial charge in [-0.25, -0.2) is 4.79 Å². The Kier molecular flexibility index (Phi) is 5.02. The summed E-state index contributed by atoms with van der Waals surface area (Å²) in [5.41, 5.74) is 2.54. The van der Waals surface area contributed by atoms with Crippen LogP contribution in [0.25, 0.3) is 11.1 Å². The number of likely N-dealkylation sites (tertiary alicyclic amines) is 1. The molecule has 0 N–H and O–H groups in total. The number of fused-ring (bicyclic) bond motifs is 1. The molecule has 3 heterocycles. The minimum absolute atomic E-state index is 0.141. The van der Waals surface area contributed by atoms with E-state index in [9.17, 15) is 9.59 Å². The molecule has 2 fully saturated rings. The molecule has 0 unspecified atom stereocenters. The second-order valence-corrected chi connectivity index (χ2v) is 8.38. The van der Waals surface area contributed by atoms with E-state index in [1.165, 1.54) is 11.6 Å². The molecule has 1 amide bonds. The molecule has 1 saturated heterocycles. The predicted molar refractivity (Wildman–Crippen MR) is 115 cm³/mol. The van der Waals surface area contributed by atoms with Crippen molar-refractivity contribution in [3.05, 3.63) is 66.7 Å². The summed E-state index contributed by atoms with van der Waals surface area (Å²) in [7, 11) is 0. The largest absolute Gasteiger partial charge is 0.490 e. The summed E-state index contributed by atoms with van der Waals surface area (Å²) in [6, 6.07) is 13.6. The van der Waals surface area contributed by atoms with Gasteiger partial charge in [-0.2, -0.15) is 9.78 Å². The molecule has 3 aromatic rings. The van der Waals surface area contributed by atoms with Crippen LogP contribution >= 0.6 is 0 Å². The van der Waals surface area contributed by atoms with E-state index < -0.39 is 0 Å². The van der Waals surface area contributed by atoms with Gasteiger partial charge in [0.2, 0.25) is 0 Å². The van der Waals surface area contributed by atoms with Gasteiger partial charge in [0.05, 0.1) is 6.10 Å². The number of rotatable bonds is 4. The third-order valence-corrected chi connectivity index (χ3v) is 6.27. The summed E-state index contributed by atoms with van der Waals surface area (Å²) in [5.74, 6) is 1.60. The highest BCUT2D eigenvalue weighted by Crippen LogP contribution is 2.40. The lowest BCUT2D eigenvalue weighted by atomic mass is 10.0. The van der Waals surface area contributed by atoms with Crippen molar-refractivity contribution in [2.75, 3.05) is 13.1 Å². The maximum Gasteiger partial charge on any atom is 0.344 e. The lowest BCUT2D eigenvalue weighted by Crippen LogP contribution is -2.34. The molecule has 0 bridgehead atoms. The van der Waals surface area contributed by atoms with Crippen LogP contribution in [0.15, 0.2) is 61.1 Å². The van der Waals surface area contributed by atoms with Crippen LogP contribution in [-0.4, -0.2) is 50.7 Å². The second-order valence-electron chi connectivity index (χ2n) is 8.38. The third kappa shape index (κ3) is 3.95. The summed E-state index contributed by atoms with van der Waals surface area (Å²) < 4.78 is 7.58. The number of benzene rings is 1. The van der Waals surface area contributed by atoms with E-state index in [2.05, 4.69) is 22.2 Å². The molecule has 5 rings (SSSR count). The summed E-state index contributed by atoms with van der Waals surface area (Å²) in [6.07, 6.45) is 7.18. The first-order chi connectivity index (χ1) is 15.1. The minimum atomic E-state index is -0.163. The fourth-order valence-electron chi connectivity index (χ4n) is 4.75. The van der Waals surface area contributed by atoms with Crippen molar-refractivity contribution in [2.45, 2.75) is 25.9 Å². The van der Waals surface area contributed by atoms with Gasteiger partial charge in [0, 0.05) is 38.6 Å². The quantitative estimate of drug-likeness (QED) is 0.603. The lowest BCUT2D eigenvalue weighted by Gasteiger charge is -2.20. The first-order valence-electron chi connectivity index (χ1n) is 10.6. The van der Waals surface area contributed by atoms with Gasteiger partial charge >= 0.3 is 6.03 Å². The molecule has 3 atom stereocenters. The number of carbonyl (C=O) groups excluding carboxylic acids is 2. The zero-order valence-electron chi connectivity index (χ0n) is 17.3. The highest BCUT2D eigenvalue weighted by atomic mass is 16.5. The van der Waals surface area contributed by atoms with Crippen LogP contribution < -0.4 is 4.74 Å². The van der Waals surface area contributed by atoms with E-state index in [-0.39, 0.29) is 17.9 Å². The standard InChI is InChI=1S/C24H24N4O3/c1-16(29)23-7-10-28(26-23)24(30)27-14-19-12-22(13-20(19)15-27)31-21-4-2-3-18(11-21)17-5-8-25-9-6-17/h2-11,19-20,22H,12-15H2,1H3/t19-,20+,22+. The van der Waals surface area contributed by atoms with Gasteiger partial charge in [0.1, 0.15) is 11.4 Å². The smallest absolute Gasteiger partial charge is 0.344 e. The molecule has 2 aliphatic rings. The number of nitrogens with zero attached hydrogens (tertiary/aromatic N) is 4. The zero-order chi connectivity index (χ0) is 21.4.